The molecule has 1 aromatic carbocycles. The van der Waals surface area contributed by atoms with Crippen molar-refractivity contribution in [3.05, 3.63) is 40.3 Å². The van der Waals surface area contributed by atoms with Crippen LogP contribution in [0.4, 0.5) is 10.1 Å². The molecule has 0 saturated carbocycles. The lowest BCUT2D eigenvalue weighted by atomic mass is 10.0. The molecule has 7 heteroatoms. The maximum Gasteiger partial charge on any atom is 0.101 e. The van der Waals surface area contributed by atoms with Crippen molar-refractivity contribution in [2.75, 3.05) is 31.8 Å². The molecule has 0 bridgehead atoms. The van der Waals surface area contributed by atoms with Gasteiger partial charge < -0.3 is 14.7 Å². The molecule has 6 nitrogen and oxygen atoms in total. The van der Waals surface area contributed by atoms with Gasteiger partial charge in [-0.3, -0.25) is 4.39 Å². The van der Waals surface area contributed by atoms with Gasteiger partial charge in [-0.2, -0.15) is 0 Å². The molecule has 1 aliphatic heterocycles. The molecule has 0 unspecified atom stereocenters. The van der Waals surface area contributed by atoms with Crippen LogP contribution in [0, 0.1) is 0 Å². The lowest BCUT2D eigenvalue weighted by Crippen LogP contribution is -2.22. The average molecular weight is 294 g/mol. The second-order valence-electron chi connectivity index (χ2n) is 5.06. The van der Waals surface area contributed by atoms with E-state index in [4.69, 9.17) is 10.3 Å². The highest BCUT2D eigenvalue weighted by Gasteiger charge is 2.23. The number of nitrogens with zero attached hydrogens (tertiary/aromatic N) is 4. The number of hydrogen-bond acceptors (Lipinski definition) is 4. The number of ether oxygens (including phenoxy) is 1. The van der Waals surface area contributed by atoms with Crippen molar-refractivity contribution in [1.29, 1.82) is 0 Å². The first-order valence-corrected chi connectivity index (χ1v) is 6.85. The van der Waals surface area contributed by atoms with Crippen LogP contribution in [0.15, 0.2) is 29.4 Å². The summed E-state index contributed by atoms with van der Waals surface area (Å²) in [4.78, 5) is 4.75. The van der Waals surface area contributed by atoms with Gasteiger partial charge in [0.25, 0.3) is 0 Å². The summed E-state index contributed by atoms with van der Waals surface area (Å²) in [6, 6.07) is 6.61. The summed E-state index contributed by atoms with van der Waals surface area (Å²) in [5.41, 5.74) is 10.2. The highest BCUT2D eigenvalue weighted by molar-refractivity contribution is 5.49. The highest BCUT2D eigenvalue weighted by Crippen LogP contribution is 2.27. The zero-order valence-corrected chi connectivity index (χ0v) is 11.9. The molecule has 114 valence electrons. The predicted octanol–water partition coefficient (Wildman–Crippen LogP) is 2.59. The fourth-order valence-corrected chi connectivity index (χ4v) is 2.61. The number of benzene rings is 1. The first kappa shape index (κ1) is 15.6. The van der Waals surface area contributed by atoms with Crippen molar-refractivity contribution in [2.45, 2.75) is 24.7 Å². The smallest absolute Gasteiger partial charge is 0.101 e. The van der Waals surface area contributed by atoms with Crippen LogP contribution in [0.2, 0.25) is 0 Å². The van der Waals surface area contributed by atoms with Crippen molar-refractivity contribution in [1.82, 2.24) is 0 Å². The average Bonchev–Trinajstić information content (AvgIpc) is 2.94. The van der Waals surface area contributed by atoms with Crippen molar-refractivity contribution in [3.8, 4) is 0 Å². The van der Waals surface area contributed by atoms with Crippen LogP contribution in [-0.4, -0.2) is 44.1 Å². The van der Waals surface area contributed by atoms with E-state index in [9.17, 15) is 9.50 Å². The Bertz CT molecular complexity index is 504. The van der Waals surface area contributed by atoms with Crippen LogP contribution in [0.3, 0.4) is 0 Å². The summed E-state index contributed by atoms with van der Waals surface area (Å²) in [7, 11) is 1.46. The molecule has 0 amide bonds. The summed E-state index contributed by atoms with van der Waals surface area (Å²) >= 11 is 0. The molecule has 2 rings (SSSR count). The number of aliphatic hydroxyl groups excluding tert-OH is 1. The topological polar surface area (TPSA) is 81.5 Å². The number of halogens is 1. The third kappa shape index (κ3) is 3.64. The molecule has 1 heterocycles. The van der Waals surface area contributed by atoms with Gasteiger partial charge in [-0.15, -0.1) is 0 Å². The number of rotatable bonds is 6. The monoisotopic (exact) mass is 294 g/mol. The number of anilines is 1. The zero-order valence-electron chi connectivity index (χ0n) is 11.9. The van der Waals surface area contributed by atoms with E-state index in [1.807, 2.05) is 24.3 Å². The van der Waals surface area contributed by atoms with Gasteiger partial charge in [0.15, 0.2) is 0 Å². The van der Waals surface area contributed by atoms with Crippen molar-refractivity contribution >= 4 is 5.69 Å². The molecule has 1 fully saturated rings. The Balaban J connectivity index is 2.14. The third-order valence-electron chi connectivity index (χ3n) is 3.71. The van der Waals surface area contributed by atoms with E-state index in [1.165, 1.54) is 7.11 Å². The van der Waals surface area contributed by atoms with E-state index >= 15 is 0 Å². The number of aliphatic hydroxyl groups is 1. The minimum Gasteiger partial charge on any atom is -0.391 e. The summed E-state index contributed by atoms with van der Waals surface area (Å²) in [6.07, 6.45) is -0.120. The molecule has 0 aliphatic carbocycles. The van der Waals surface area contributed by atoms with E-state index in [1.54, 1.807) is 0 Å². The lowest BCUT2D eigenvalue weighted by molar-refractivity contribution is 0.0722. The molecular weight excluding hydrogens is 275 g/mol. The van der Waals surface area contributed by atoms with Gasteiger partial charge in [-0.05, 0) is 29.6 Å². The van der Waals surface area contributed by atoms with E-state index in [0.717, 1.165) is 24.2 Å². The fraction of sp³-hybridized carbons (Fsp3) is 0.571. The second kappa shape index (κ2) is 7.26. The number of azide groups is 1. The molecule has 3 atom stereocenters. The fourth-order valence-electron chi connectivity index (χ4n) is 2.61. The van der Waals surface area contributed by atoms with Gasteiger partial charge in [-0.25, -0.2) is 0 Å². The quantitative estimate of drug-likeness (QED) is 0.497. The largest absolute Gasteiger partial charge is 0.391 e. The molecule has 1 aliphatic rings. The minimum atomic E-state index is -0.876. The Hall–Kier alpha value is -1.82. The number of β-amino-alcohol motifs (C(OH)–C–C–N with tert-alkyl or cyclic N) is 1. The van der Waals surface area contributed by atoms with Crippen LogP contribution < -0.4 is 4.90 Å². The minimum absolute atomic E-state index is 0.280. The molecule has 1 aromatic rings. The van der Waals surface area contributed by atoms with Gasteiger partial charge >= 0.3 is 0 Å². The van der Waals surface area contributed by atoms with Gasteiger partial charge in [0.1, 0.15) is 6.67 Å². The standard InChI is InChI=1S/C14H19FN4O2/c1-21-14(13(8-15)17-18-16)10-2-4-11(5-3-10)19-7-6-12(20)9-19/h2-5,12-14,20H,6-9H2,1H3/t12-,13-,14-/m1/s1. The number of alkyl halides is 1. The Morgan fingerprint density at radius 1 is 1.52 bits per heavy atom. The van der Waals surface area contributed by atoms with Gasteiger partial charge in [0.2, 0.25) is 0 Å². The van der Waals surface area contributed by atoms with Gasteiger partial charge in [0.05, 0.1) is 18.2 Å². The van der Waals surface area contributed by atoms with Crippen LogP contribution >= 0.6 is 0 Å². The van der Waals surface area contributed by atoms with Crippen LogP contribution in [0.25, 0.3) is 10.4 Å². The van der Waals surface area contributed by atoms with Gasteiger partial charge in [0, 0.05) is 30.8 Å². The first-order valence-electron chi connectivity index (χ1n) is 6.85. The normalized spacial score (nSPS) is 20.9. The Morgan fingerprint density at radius 3 is 2.71 bits per heavy atom. The SMILES string of the molecule is CO[C@H](c1ccc(N2CC[C@@H](O)C2)cc1)[C@@H](CF)N=[N+]=[N-]. The van der Waals surface area contributed by atoms with E-state index in [2.05, 4.69) is 14.9 Å². The summed E-state index contributed by atoms with van der Waals surface area (Å²) in [5, 5.41) is 13.0. The van der Waals surface area contributed by atoms with Crippen molar-refractivity contribution in [2.24, 2.45) is 5.11 Å². The Labute approximate surface area is 122 Å². The molecule has 1 N–H and O–H groups in total. The molecule has 21 heavy (non-hydrogen) atoms. The zero-order chi connectivity index (χ0) is 15.2. The Kier molecular flexibility index (Phi) is 5.38. The summed E-state index contributed by atoms with van der Waals surface area (Å²) in [6.45, 7) is 0.668. The highest BCUT2D eigenvalue weighted by atomic mass is 19.1. The van der Waals surface area contributed by atoms with Crippen LogP contribution in [-0.2, 0) is 4.74 Å². The first-order chi connectivity index (χ1) is 10.2. The molecule has 0 radical (unpaired) electrons. The molecule has 0 aromatic heterocycles. The molecule has 1 saturated heterocycles. The number of methoxy groups -OCH3 is 1. The van der Waals surface area contributed by atoms with E-state index in [0.29, 0.717) is 6.54 Å². The second-order valence-corrected chi connectivity index (χ2v) is 5.06. The van der Waals surface area contributed by atoms with E-state index < -0.39 is 18.8 Å². The van der Waals surface area contributed by atoms with Gasteiger partial charge in [-0.1, -0.05) is 17.2 Å². The van der Waals surface area contributed by atoms with Crippen molar-refractivity contribution in [3.63, 3.8) is 0 Å². The maximum atomic E-state index is 13.0. The summed E-state index contributed by atoms with van der Waals surface area (Å²) in [5.74, 6) is 0. The lowest BCUT2D eigenvalue weighted by Gasteiger charge is -2.22. The van der Waals surface area contributed by atoms with Crippen LogP contribution in [0.5, 0.6) is 0 Å². The predicted molar refractivity (Wildman–Crippen MR) is 77.9 cm³/mol. The van der Waals surface area contributed by atoms with Crippen LogP contribution in [0.1, 0.15) is 18.1 Å². The summed E-state index contributed by atoms with van der Waals surface area (Å²) < 4.78 is 18.2. The molecule has 0 spiro atoms. The number of hydrogen-bond donors (Lipinski definition) is 1. The van der Waals surface area contributed by atoms with Crippen molar-refractivity contribution < 1.29 is 14.2 Å². The molecular formula is C14H19FN4O2. The van der Waals surface area contributed by atoms with E-state index in [-0.39, 0.29) is 6.10 Å². The Morgan fingerprint density at radius 2 is 2.24 bits per heavy atom. The third-order valence-corrected chi connectivity index (χ3v) is 3.71. The maximum absolute atomic E-state index is 13.0.